The molecule has 0 bridgehead atoms. The summed E-state index contributed by atoms with van der Waals surface area (Å²) >= 11 is 1.78. The van der Waals surface area contributed by atoms with Crippen molar-refractivity contribution in [3.63, 3.8) is 0 Å². The highest BCUT2D eigenvalue weighted by molar-refractivity contribution is 7.99. The molecule has 156 valence electrons. The van der Waals surface area contributed by atoms with Crippen molar-refractivity contribution in [1.29, 1.82) is 0 Å². The van der Waals surface area contributed by atoms with E-state index >= 15 is 0 Å². The van der Waals surface area contributed by atoms with E-state index in [4.69, 9.17) is 4.74 Å². The van der Waals surface area contributed by atoms with Gasteiger partial charge in [0.2, 0.25) is 0 Å². The van der Waals surface area contributed by atoms with E-state index in [0.717, 1.165) is 31.0 Å². The van der Waals surface area contributed by atoms with Crippen LogP contribution in [0.1, 0.15) is 42.5 Å². The van der Waals surface area contributed by atoms with E-state index < -0.39 is 0 Å². The molecular weight excluding hydrogens is 380 g/mol. The summed E-state index contributed by atoms with van der Waals surface area (Å²) in [6.07, 6.45) is 6.35. The first-order chi connectivity index (χ1) is 14.3. The highest BCUT2D eigenvalue weighted by atomic mass is 32.2. The summed E-state index contributed by atoms with van der Waals surface area (Å²) in [7, 11) is 0. The first-order valence-electron chi connectivity index (χ1n) is 10.7. The molecule has 0 unspecified atom stereocenters. The number of hydrogen-bond donors (Lipinski definition) is 1. The minimum Gasteiger partial charge on any atom is -0.493 e. The fourth-order valence-corrected chi connectivity index (χ4v) is 4.26. The van der Waals surface area contributed by atoms with E-state index in [2.05, 4.69) is 22.3 Å². The van der Waals surface area contributed by atoms with Crippen molar-refractivity contribution in [3.8, 4) is 5.75 Å². The van der Waals surface area contributed by atoms with Gasteiger partial charge in [-0.1, -0.05) is 31.0 Å². The monoisotopic (exact) mass is 412 g/mol. The Hall–Kier alpha value is -1.98. The zero-order chi connectivity index (χ0) is 20.2. The van der Waals surface area contributed by atoms with Gasteiger partial charge in [-0.3, -0.25) is 4.79 Å². The molecule has 3 rings (SSSR count). The topological polar surface area (TPSA) is 41.6 Å². The third-order valence-corrected chi connectivity index (χ3v) is 6.09. The van der Waals surface area contributed by atoms with Gasteiger partial charge in [0.1, 0.15) is 5.75 Å². The molecule has 1 saturated heterocycles. The first-order valence-corrected chi connectivity index (χ1v) is 11.7. The summed E-state index contributed by atoms with van der Waals surface area (Å²) in [5, 5.41) is 3.03. The predicted molar refractivity (Wildman–Crippen MR) is 121 cm³/mol. The van der Waals surface area contributed by atoms with Crippen molar-refractivity contribution in [1.82, 2.24) is 10.2 Å². The van der Waals surface area contributed by atoms with E-state index in [0.29, 0.717) is 12.2 Å². The molecule has 1 amide bonds. The van der Waals surface area contributed by atoms with Crippen LogP contribution in [0.15, 0.2) is 59.5 Å². The van der Waals surface area contributed by atoms with Crippen LogP contribution in [0.25, 0.3) is 0 Å². The zero-order valence-electron chi connectivity index (χ0n) is 17.1. The standard InChI is InChI=1S/C24H32N2O2S/c27-24(25-15-8-18-26-16-6-1-2-7-17-26)21-11-13-22(14-12-21)28-19-20-29-23-9-4-3-5-10-23/h3-5,9-14H,1-2,6-8,15-20H2,(H,25,27). The van der Waals surface area contributed by atoms with Crippen LogP contribution in [0.4, 0.5) is 0 Å². The number of amides is 1. The van der Waals surface area contributed by atoms with E-state index in [1.165, 1.54) is 43.7 Å². The van der Waals surface area contributed by atoms with Gasteiger partial charge < -0.3 is 15.0 Å². The minimum absolute atomic E-state index is 0.00736. The van der Waals surface area contributed by atoms with Crippen LogP contribution < -0.4 is 10.1 Å². The van der Waals surface area contributed by atoms with Crippen LogP contribution >= 0.6 is 11.8 Å². The second-order valence-electron chi connectivity index (χ2n) is 7.40. The molecule has 29 heavy (non-hydrogen) atoms. The smallest absolute Gasteiger partial charge is 0.251 e. The molecule has 1 N–H and O–H groups in total. The van der Waals surface area contributed by atoms with E-state index in [1.807, 2.05) is 42.5 Å². The SMILES string of the molecule is O=C(NCCCN1CCCCCC1)c1ccc(OCCSc2ccccc2)cc1. The van der Waals surface area contributed by atoms with Gasteiger partial charge in [-0.05, 0) is 75.3 Å². The molecule has 0 saturated carbocycles. The Kier molecular flexibility index (Phi) is 9.40. The zero-order valence-corrected chi connectivity index (χ0v) is 18.0. The fraction of sp³-hybridized carbons (Fsp3) is 0.458. The van der Waals surface area contributed by atoms with Gasteiger partial charge in [-0.25, -0.2) is 0 Å². The van der Waals surface area contributed by atoms with Crippen molar-refractivity contribution in [3.05, 3.63) is 60.2 Å². The highest BCUT2D eigenvalue weighted by Gasteiger charge is 2.09. The van der Waals surface area contributed by atoms with Crippen molar-refractivity contribution in [2.24, 2.45) is 0 Å². The fourth-order valence-electron chi connectivity index (χ4n) is 3.50. The van der Waals surface area contributed by atoms with Crippen molar-refractivity contribution < 1.29 is 9.53 Å². The van der Waals surface area contributed by atoms with Gasteiger partial charge in [0.05, 0.1) is 6.61 Å². The number of rotatable bonds is 10. The molecule has 1 aliphatic heterocycles. The molecule has 0 atom stereocenters. The van der Waals surface area contributed by atoms with Crippen LogP contribution in [-0.2, 0) is 0 Å². The van der Waals surface area contributed by atoms with Gasteiger partial charge in [0.15, 0.2) is 0 Å². The van der Waals surface area contributed by atoms with Crippen LogP contribution in [0.2, 0.25) is 0 Å². The molecule has 4 nitrogen and oxygen atoms in total. The number of carbonyl (C=O) groups is 1. The van der Waals surface area contributed by atoms with Crippen molar-refractivity contribution in [2.75, 3.05) is 38.5 Å². The number of nitrogens with zero attached hydrogens (tertiary/aromatic N) is 1. The molecule has 2 aromatic carbocycles. The predicted octanol–water partition coefficient (Wildman–Crippen LogP) is 4.85. The Balaban J connectivity index is 1.30. The molecule has 1 fully saturated rings. The second-order valence-corrected chi connectivity index (χ2v) is 8.57. The summed E-state index contributed by atoms with van der Waals surface area (Å²) < 4.78 is 5.78. The number of thioether (sulfide) groups is 1. The van der Waals surface area contributed by atoms with Gasteiger partial charge in [-0.2, -0.15) is 0 Å². The third kappa shape index (κ3) is 8.11. The molecule has 1 heterocycles. The first kappa shape index (κ1) is 21.7. The maximum atomic E-state index is 12.3. The lowest BCUT2D eigenvalue weighted by molar-refractivity contribution is 0.0951. The summed E-state index contributed by atoms with van der Waals surface area (Å²) in [6, 6.07) is 17.7. The number of benzene rings is 2. The maximum absolute atomic E-state index is 12.3. The Labute approximate surface area is 179 Å². The summed E-state index contributed by atoms with van der Waals surface area (Å²) in [4.78, 5) is 16.1. The molecule has 0 aromatic heterocycles. The number of hydrogen-bond acceptors (Lipinski definition) is 4. The third-order valence-electron chi connectivity index (χ3n) is 5.12. The largest absolute Gasteiger partial charge is 0.493 e. The van der Waals surface area contributed by atoms with Crippen molar-refractivity contribution >= 4 is 17.7 Å². The maximum Gasteiger partial charge on any atom is 0.251 e. The molecule has 1 aliphatic rings. The average Bonchev–Trinajstić information content (AvgIpc) is 3.04. The Bertz CT molecular complexity index is 713. The van der Waals surface area contributed by atoms with E-state index in [9.17, 15) is 4.79 Å². The number of nitrogens with one attached hydrogen (secondary N) is 1. The molecule has 0 aliphatic carbocycles. The van der Waals surface area contributed by atoms with Gasteiger partial charge in [0.25, 0.3) is 5.91 Å². The summed E-state index contributed by atoms with van der Waals surface area (Å²) in [6.45, 7) is 4.86. The summed E-state index contributed by atoms with van der Waals surface area (Å²) in [5.41, 5.74) is 0.686. The molecular formula is C24H32N2O2S. The molecule has 0 spiro atoms. The average molecular weight is 413 g/mol. The molecule has 5 heteroatoms. The summed E-state index contributed by atoms with van der Waals surface area (Å²) in [5.74, 6) is 1.69. The minimum atomic E-state index is -0.00736. The quantitative estimate of drug-likeness (QED) is 0.447. The number of ether oxygens (including phenoxy) is 1. The highest BCUT2D eigenvalue weighted by Crippen LogP contribution is 2.18. The van der Waals surface area contributed by atoms with Gasteiger partial charge >= 0.3 is 0 Å². The normalized spacial score (nSPS) is 14.9. The van der Waals surface area contributed by atoms with Crippen LogP contribution in [0.5, 0.6) is 5.75 Å². The second kappa shape index (κ2) is 12.6. The lowest BCUT2D eigenvalue weighted by atomic mass is 10.2. The Morgan fingerprint density at radius 2 is 1.69 bits per heavy atom. The number of carbonyl (C=O) groups excluding carboxylic acids is 1. The van der Waals surface area contributed by atoms with Gasteiger partial charge in [0, 0.05) is 22.8 Å². The van der Waals surface area contributed by atoms with Crippen LogP contribution in [0.3, 0.4) is 0 Å². The van der Waals surface area contributed by atoms with Crippen molar-refractivity contribution in [2.45, 2.75) is 37.0 Å². The van der Waals surface area contributed by atoms with Crippen LogP contribution in [0, 0.1) is 0 Å². The van der Waals surface area contributed by atoms with Gasteiger partial charge in [-0.15, -0.1) is 11.8 Å². The van der Waals surface area contributed by atoms with Crippen LogP contribution in [-0.4, -0.2) is 49.3 Å². The number of likely N-dealkylation sites (tertiary alicyclic amines) is 1. The van der Waals surface area contributed by atoms with E-state index in [1.54, 1.807) is 11.8 Å². The molecule has 0 radical (unpaired) electrons. The lowest BCUT2D eigenvalue weighted by Gasteiger charge is -2.19. The van der Waals surface area contributed by atoms with E-state index in [-0.39, 0.29) is 5.91 Å². The lowest BCUT2D eigenvalue weighted by Crippen LogP contribution is -2.30. The molecule has 2 aromatic rings. The Morgan fingerprint density at radius 3 is 2.41 bits per heavy atom. The Morgan fingerprint density at radius 1 is 0.966 bits per heavy atom.